The van der Waals surface area contributed by atoms with Crippen LogP contribution in [0.4, 0.5) is 0 Å². The number of rotatable bonds is 3. The maximum Gasteiger partial charge on any atom is 0.265 e. The van der Waals surface area contributed by atoms with E-state index < -0.39 is 0 Å². The smallest absolute Gasteiger partial charge is 0.265 e. The predicted molar refractivity (Wildman–Crippen MR) is 95.4 cm³/mol. The van der Waals surface area contributed by atoms with Gasteiger partial charge in [0.2, 0.25) is 0 Å². The number of aryl methyl sites for hydroxylation is 2. The molecule has 130 valence electrons. The SMILES string of the molecule is Cn1cc(-c2ncc(C(=O)N3CCC(c4ccnn4C)CC3)s2)cn1. The lowest BCUT2D eigenvalue weighted by Crippen LogP contribution is -2.37. The highest BCUT2D eigenvalue weighted by atomic mass is 32.1. The van der Waals surface area contributed by atoms with Gasteiger partial charge >= 0.3 is 0 Å². The van der Waals surface area contributed by atoms with Gasteiger partial charge in [0, 0.05) is 56.8 Å². The first kappa shape index (κ1) is 16.0. The first-order valence-corrected chi connectivity index (χ1v) is 9.15. The van der Waals surface area contributed by atoms with Crippen molar-refractivity contribution in [3.8, 4) is 10.6 Å². The number of amides is 1. The Morgan fingerprint density at radius 3 is 2.64 bits per heavy atom. The number of likely N-dealkylation sites (tertiary alicyclic amines) is 1. The predicted octanol–water partition coefficient (Wildman–Crippen LogP) is 2.30. The van der Waals surface area contributed by atoms with Crippen LogP contribution in [0.5, 0.6) is 0 Å². The van der Waals surface area contributed by atoms with Crippen LogP contribution < -0.4 is 0 Å². The molecule has 0 N–H and O–H groups in total. The van der Waals surface area contributed by atoms with Crippen molar-refractivity contribution in [2.75, 3.05) is 13.1 Å². The van der Waals surface area contributed by atoms with Gasteiger partial charge in [0.05, 0.1) is 12.4 Å². The summed E-state index contributed by atoms with van der Waals surface area (Å²) < 4.78 is 3.67. The number of hydrogen-bond acceptors (Lipinski definition) is 5. The van der Waals surface area contributed by atoms with E-state index >= 15 is 0 Å². The van der Waals surface area contributed by atoms with Crippen LogP contribution in [0.1, 0.15) is 34.1 Å². The molecule has 3 aromatic rings. The van der Waals surface area contributed by atoms with Crippen molar-refractivity contribution < 1.29 is 4.79 Å². The zero-order valence-corrected chi connectivity index (χ0v) is 15.1. The Bertz CT molecular complexity index is 886. The first-order chi connectivity index (χ1) is 12.1. The van der Waals surface area contributed by atoms with Crippen LogP contribution >= 0.6 is 11.3 Å². The van der Waals surface area contributed by atoms with Gasteiger partial charge in [-0.05, 0) is 18.9 Å². The van der Waals surface area contributed by atoms with E-state index in [1.54, 1.807) is 17.1 Å². The molecule has 0 spiro atoms. The Hall–Kier alpha value is -2.48. The van der Waals surface area contributed by atoms with Crippen molar-refractivity contribution in [2.24, 2.45) is 14.1 Å². The van der Waals surface area contributed by atoms with Gasteiger partial charge in [-0.3, -0.25) is 14.2 Å². The van der Waals surface area contributed by atoms with Crippen molar-refractivity contribution >= 4 is 17.2 Å². The average Bonchev–Trinajstić information content (AvgIpc) is 3.35. The van der Waals surface area contributed by atoms with Crippen LogP contribution in [0.25, 0.3) is 10.6 Å². The van der Waals surface area contributed by atoms with Gasteiger partial charge in [0.25, 0.3) is 5.91 Å². The van der Waals surface area contributed by atoms with Gasteiger partial charge in [0.1, 0.15) is 9.88 Å². The molecule has 0 saturated carbocycles. The molecule has 7 nitrogen and oxygen atoms in total. The van der Waals surface area contributed by atoms with E-state index in [0.29, 0.717) is 10.8 Å². The molecule has 25 heavy (non-hydrogen) atoms. The summed E-state index contributed by atoms with van der Waals surface area (Å²) in [4.78, 5) is 19.8. The normalized spacial score (nSPS) is 15.7. The second-order valence-electron chi connectivity index (χ2n) is 6.38. The minimum atomic E-state index is 0.0797. The fourth-order valence-corrected chi connectivity index (χ4v) is 4.22. The highest BCUT2D eigenvalue weighted by Crippen LogP contribution is 2.30. The van der Waals surface area contributed by atoms with Gasteiger partial charge in [-0.1, -0.05) is 0 Å². The number of piperidine rings is 1. The standard InChI is InChI=1S/C17H20N6OS/c1-21-11-13(9-20-21)16-18-10-15(25-16)17(24)23-7-4-12(5-8-23)14-3-6-19-22(14)2/h3,6,9-12H,4-5,7-8H2,1-2H3. The van der Waals surface area contributed by atoms with Crippen molar-refractivity contribution in [2.45, 2.75) is 18.8 Å². The highest BCUT2D eigenvalue weighted by Gasteiger charge is 2.27. The summed E-state index contributed by atoms with van der Waals surface area (Å²) >= 11 is 1.43. The summed E-state index contributed by atoms with van der Waals surface area (Å²) in [5.41, 5.74) is 2.20. The molecule has 1 aliphatic heterocycles. The van der Waals surface area contributed by atoms with Gasteiger partial charge in [-0.2, -0.15) is 10.2 Å². The topological polar surface area (TPSA) is 68.8 Å². The molecular weight excluding hydrogens is 336 g/mol. The fourth-order valence-electron chi connectivity index (χ4n) is 3.36. The number of carbonyl (C=O) groups is 1. The molecule has 4 rings (SSSR count). The van der Waals surface area contributed by atoms with Gasteiger partial charge in [-0.25, -0.2) is 4.98 Å². The number of carbonyl (C=O) groups excluding carboxylic acids is 1. The Morgan fingerprint density at radius 2 is 2.00 bits per heavy atom. The van der Waals surface area contributed by atoms with Crippen LogP contribution in [-0.4, -0.2) is 48.4 Å². The minimum Gasteiger partial charge on any atom is -0.338 e. The summed E-state index contributed by atoms with van der Waals surface area (Å²) in [6, 6.07) is 2.07. The van der Waals surface area contributed by atoms with Crippen molar-refractivity contribution in [3.05, 3.63) is 41.4 Å². The second kappa shape index (κ2) is 6.44. The van der Waals surface area contributed by atoms with E-state index in [2.05, 4.69) is 21.2 Å². The first-order valence-electron chi connectivity index (χ1n) is 8.34. The summed E-state index contributed by atoms with van der Waals surface area (Å²) in [6.07, 6.45) is 9.14. The summed E-state index contributed by atoms with van der Waals surface area (Å²) in [6.45, 7) is 1.55. The third-order valence-corrected chi connectivity index (χ3v) is 5.76. The molecule has 8 heteroatoms. The largest absolute Gasteiger partial charge is 0.338 e. The lowest BCUT2D eigenvalue weighted by molar-refractivity contribution is 0.0716. The van der Waals surface area contributed by atoms with Crippen molar-refractivity contribution in [3.63, 3.8) is 0 Å². The van der Waals surface area contributed by atoms with Gasteiger partial charge in [0.15, 0.2) is 0 Å². The van der Waals surface area contributed by atoms with Gasteiger partial charge in [-0.15, -0.1) is 11.3 Å². The molecule has 0 unspecified atom stereocenters. The maximum atomic E-state index is 12.8. The molecule has 1 amide bonds. The monoisotopic (exact) mass is 356 g/mol. The molecule has 0 aliphatic carbocycles. The zero-order chi connectivity index (χ0) is 17.4. The Kier molecular flexibility index (Phi) is 4.12. The zero-order valence-electron chi connectivity index (χ0n) is 14.3. The van der Waals surface area contributed by atoms with E-state index in [4.69, 9.17) is 0 Å². The third-order valence-electron chi connectivity index (χ3n) is 4.73. The molecule has 0 aromatic carbocycles. The summed E-state index contributed by atoms with van der Waals surface area (Å²) in [5, 5.41) is 9.24. The van der Waals surface area contributed by atoms with Gasteiger partial charge < -0.3 is 4.90 Å². The fraction of sp³-hybridized carbons (Fsp3) is 0.412. The van der Waals surface area contributed by atoms with E-state index in [9.17, 15) is 4.79 Å². The molecule has 1 saturated heterocycles. The van der Waals surface area contributed by atoms with Crippen LogP contribution in [0.3, 0.4) is 0 Å². The molecule has 0 bridgehead atoms. The van der Waals surface area contributed by atoms with E-state index in [1.807, 2.05) is 36.1 Å². The lowest BCUT2D eigenvalue weighted by atomic mass is 9.93. The Balaban J connectivity index is 1.42. The molecule has 3 aromatic heterocycles. The average molecular weight is 356 g/mol. The van der Waals surface area contributed by atoms with E-state index in [0.717, 1.165) is 36.5 Å². The maximum absolute atomic E-state index is 12.8. The minimum absolute atomic E-state index is 0.0797. The quantitative estimate of drug-likeness (QED) is 0.722. The number of aromatic nitrogens is 5. The molecule has 1 aliphatic rings. The molecule has 1 fully saturated rings. The lowest BCUT2D eigenvalue weighted by Gasteiger charge is -2.31. The number of hydrogen-bond donors (Lipinski definition) is 0. The molecule has 0 atom stereocenters. The highest BCUT2D eigenvalue weighted by molar-refractivity contribution is 7.16. The van der Waals surface area contributed by atoms with Crippen LogP contribution in [0.2, 0.25) is 0 Å². The second-order valence-corrected chi connectivity index (χ2v) is 7.41. The number of thiazole rings is 1. The molecule has 4 heterocycles. The van der Waals surface area contributed by atoms with Crippen LogP contribution in [0.15, 0.2) is 30.9 Å². The van der Waals surface area contributed by atoms with E-state index in [1.165, 1.54) is 17.0 Å². The van der Waals surface area contributed by atoms with Crippen LogP contribution in [0, 0.1) is 0 Å². The molecular formula is C17H20N6OS. The Morgan fingerprint density at radius 1 is 1.20 bits per heavy atom. The third kappa shape index (κ3) is 3.09. The van der Waals surface area contributed by atoms with E-state index in [-0.39, 0.29) is 5.91 Å². The number of nitrogens with zero attached hydrogens (tertiary/aromatic N) is 6. The summed E-state index contributed by atoms with van der Waals surface area (Å²) in [5.74, 6) is 0.556. The molecule has 0 radical (unpaired) electrons. The van der Waals surface area contributed by atoms with Crippen LogP contribution in [-0.2, 0) is 14.1 Å². The summed E-state index contributed by atoms with van der Waals surface area (Å²) in [7, 11) is 3.85. The van der Waals surface area contributed by atoms with Crippen molar-refractivity contribution in [1.29, 1.82) is 0 Å². The Labute approximate surface area is 149 Å². The van der Waals surface area contributed by atoms with Crippen molar-refractivity contribution in [1.82, 2.24) is 29.4 Å².